The van der Waals surface area contributed by atoms with Crippen molar-refractivity contribution >= 4 is 37.7 Å². The number of nitrogens with two attached hydrogens (primary N) is 1. The van der Waals surface area contributed by atoms with Crippen LogP contribution in [0.4, 0.5) is 5.82 Å². The van der Waals surface area contributed by atoms with Crippen molar-refractivity contribution in [3.63, 3.8) is 0 Å². The fourth-order valence-corrected chi connectivity index (χ4v) is 2.44. The Morgan fingerprint density at radius 2 is 1.94 bits per heavy atom. The van der Waals surface area contributed by atoms with Crippen molar-refractivity contribution in [1.29, 1.82) is 0 Å². The van der Waals surface area contributed by atoms with Crippen molar-refractivity contribution in [2.24, 2.45) is 0 Å². The average molecular weight is 344 g/mol. The topological polar surface area (TPSA) is 64.7 Å². The van der Waals surface area contributed by atoms with Crippen LogP contribution in [-0.2, 0) is 0 Å². The van der Waals surface area contributed by atoms with Gasteiger partial charge in [-0.1, -0.05) is 0 Å². The van der Waals surface area contributed by atoms with Gasteiger partial charge < -0.3 is 5.73 Å². The molecule has 82 valence electrons. The zero-order valence-corrected chi connectivity index (χ0v) is 11.6. The first kappa shape index (κ1) is 11.5. The second kappa shape index (κ2) is 4.47. The van der Waals surface area contributed by atoms with E-state index in [2.05, 4.69) is 46.8 Å². The summed E-state index contributed by atoms with van der Waals surface area (Å²) in [5.41, 5.74) is 7.17. The number of halogens is 2. The third-order valence-corrected chi connectivity index (χ3v) is 2.93. The number of hydrogen-bond acceptors (Lipinski definition) is 4. The molecule has 2 aromatic heterocycles. The van der Waals surface area contributed by atoms with Gasteiger partial charge in [0.15, 0.2) is 5.82 Å². The second-order valence-corrected chi connectivity index (χ2v) is 5.01. The van der Waals surface area contributed by atoms with Crippen LogP contribution in [0.1, 0.15) is 5.69 Å². The van der Waals surface area contributed by atoms with E-state index in [1.54, 1.807) is 12.3 Å². The van der Waals surface area contributed by atoms with Crippen LogP contribution in [-0.4, -0.2) is 15.0 Å². The van der Waals surface area contributed by atoms with Crippen molar-refractivity contribution in [1.82, 2.24) is 15.0 Å². The smallest absolute Gasteiger partial charge is 0.181 e. The standard InChI is InChI=1S/C10H8Br2N4/c1-5-2-8(13)16-10(15-5)9-7(12)3-6(11)4-14-9/h2-4H,1H3,(H2,13,15,16). The van der Waals surface area contributed by atoms with E-state index in [0.717, 1.165) is 14.6 Å². The molecule has 2 rings (SSSR count). The molecule has 0 aromatic carbocycles. The average Bonchev–Trinajstić information content (AvgIpc) is 2.15. The van der Waals surface area contributed by atoms with Crippen LogP contribution in [0.5, 0.6) is 0 Å². The van der Waals surface area contributed by atoms with Crippen LogP contribution in [0.3, 0.4) is 0 Å². The van der Waals surface area contributed by atoms with Crippen molar-refractivity contribution in [3.8, 4) is 11.5 Å². The third kappa shape index (κ3) is 2.38. The molecule has 0 amide bonds. The predicted molar refractivity (Wildman–Crippen MR) is 69.8 cm³/mol. The van der Waals surface area contributed by atoms with E-state index < -0.39 is 0 Å². The molecule has 0 bridgehead atoms. The van der Waals surface area contributed by atoms with Gasteiger partial charge in [0.2, 0.25) is 0 Å². The molecule has 2 N–H and O–H groups in total. The van der Waals surface area contributed by atoms with Crippen LogP contribution in [0, 0.1) is 6.92 Å². The van der Waals surface area contributed by atoms with Gasteiger partial charge >= 0.3 is 0 Å². The number of hydrogen-bond donors (Lipinski definition) is 1. The Hall–Kier alpha value is -1.01. The van der Waals surface area contributed by atoms with E-state index >= 15 is 0 Å². The lowest BCUT2D eigenvalue weighted by molar-refractivity contribution is 1.09. The van der Waals surface area contributed by atoms with Crippen molar-refractivity contribution in [3.05, 3.63) is 33.0 Å². The summed E-state index contributed by atoms with van der Waals surface area (Å²) >= 11 is 6.76. The summed E-state index contributed by atoms with van der Waals surface area (Å²) in [5, 5.41) is 0. The van der Waals surface area contributed by atoms with Gasteiger partial charge in [-0.15, -0.1) is 0 Å². The van der Waals surface area contributed by atoms with Gasteiger partial charge in [-0.25, -0.2) is 9.97 Å². The lowest BCUT2D eigenvalue weighted by Crippen LogP contribution is -1.99. The summed E-state index contributed by atoms with van der Waals surface area (Å²) in [6.45, 7) is 1.87. The van der Waals surface area contributed by atoms with Gasteiger partial charge in [0.25, 0.3) is 0 Å². The van der Waals surface area contributed by atoms with E-state index in [9.17, 15) is 0 Å². The van der Waals surface area contributed by atoms with Crippen LogP contribution < -0.4 is 5.73 Å². The van der Waals surface area contributed by atoms with Crippen molar-refractivity contribution in [2.45, 2.75) is 6.92 Å². The zero-order chi connectivity index (χ0) is 11.7. The highest BCUT2D eigenvalue weighted by Gasteiger charge is 2.09. The number of aromatic nitrogens is 3. The quantitative estimate of drug-likeness (QED) is 0.864. The predicted octanol–water partition coefficient (Wildman–Crippen LogP) is 2.95. The van der Waals surface area contributed by atoms with E-state index in [-0.39, 0.29) is 0 Å². The molecule has 0 saturated heterocycles. The molecule has 0 fully saturated rings. The molecule has 4 nitrogen and oxygen atoms in total. The van der Waals surface area contributed by atoms with Gasteiger partial charge in [0, 0.05) is 26.9 Å². The van der Waals surface area contributed by atoms with Crippen LogP contribution >= 0.6 is 31.9 Å². The van der Waals surface area contributed by atoms with E-state index in [0.29, 0.717) is 17.3 Å². The normalized spacial score (nSPS) is 10.4. The number of aryl methyl sites for hydroxylation is 1. The maximum absolute atomic E-state index is 5.67. The molecule has 6 heteroatoms. The number of pyridine rings is 1. The monoisotopic (exact) mass is 342 g/mol. The van der Waals surface area contributed by atoms with Crippen LogP contribution in [0.15, 0.2) is 27.3 Å². The first-order chi connectivity index (χ1) is 7.56. The summed E-state index contributed by atoms with van der Waals surface area (Å²) in [6, 6.07) is 3.61. The lowest BCUT2D eigenvalue weighted by Gasteiger charge is -2.04. The molecule has 0 atom stereocenters. The zero-order valence-electron chi connectivity index (χ0n) is 8.41. The third-order valence-electron chi connectivity index (χ3n) is 1.89. The minimum Gasteiger partial charge on any atom is -0.384 e. The lowest BCUT2D eigenvalue weighted by atomic mass is 10.3. The van der Waals surface area contributed by atoms with Gasteiger partial charge in [-0.05, 0) is 44.8 Å². The van der Waals surface area contributed by atoms with Gasteiger partial charge in [0.1, 0.15) is 11.5 Å². The largest absolute Gasteiger partial charge is 0.384 e. The Balaban J connectivity index is 2.58. The Bertz CT molecular complexity index is 522. The summed E-state index contributed by atoms with van der Waals surface area (Å²) < 4.78 is 1.72. The maximum atomic E-state index is 5.67. The molecule has 0 aliphatic carbocycles. The molecule has 16 heavy (non-hydrogen) atoms. The molecule has 0 radical (unpaired) electrons. The van der Waals surface area contributed by atoms with E-state index in [4.69, 9.17) is 5.73 Å². The highest BCUT2D eigenvalue weighted by atomic mass is 79.9. The molecule has 2 heterocycles. The first-order valence-corrected chi connectivity index (χ1v) is 6.07. The Morgan fingerprint density at radius 1 is 1.19 bits per heavy atom. The fourth-order valence-electron chi connectivity index (χ4n) is 1.28. The Kier molecular flexibility index (Phi) is 3.20. The molecular weight excluding hydrogens is 336 g/mol. The molecule has 0 aliphatic heterocycles. The van der Waals surface area contributed by atoms with E-state index in [1.807, 2.05) is 13.0 Å². The number of anilines is 1. The Labute approximate surface area is 110 Å². The molecule has 0 spiro atoms. The van der Waals surface area contributed by atoms with Crippen LogP contribution in [0.25, 0.3) is 11.5 Å². The van der Waals surface area contributed by atoms with Gasteiger partial charge in [-0.2, -0.15) is 0 Å². The summed E-state index contributed by atoms with van der Waals surface area (Å²) in [7, 11) is 0. The summed E-state index contributed by atoms with van der Waals surface area (Å²) in [6.07, 6.45) is 1.70. The van der Waals surface area contributed by atoms with E-state index in [1.165, 1.54) is 0 Å². The second-order valence-electron chi connectivity index (χ2n) is 3.24. The molecule has 0 unspecified atom stereocenters. The van der Waals surface area contributed by atoms with Gasteiger partial charge in [-0.3, -0.25) is 4.98 Å². The maximum Gasteiger partial charge on any atom is 0.181 e. The molecule has 0 aliphatic rings. The minimum atomic E-state index is 0.444. The number of nitrogen functional groups attached to an aromatic ring is 1. The van der Waals surface area contributed by atoms with Gasteiger partial charge in [0.05, 0.1) is 0 Å². The first-order valence-electron chi connectivity index (χ1n) is 4.49. The molecular formula is C10H8Br2N4. The number of rotatable bonds is 1. The fraction of sp³-hybridized carbons (Fsp3) is 0.100. The number of nitrogens with zero attached hydrogens (tertiary/aromatic N) is 3. The minimum absolute atomic E-state index is 0.444. The van der Waals surface area contributed by atoms with Crippen LogP contribution in [0.2, 0.25) is 0 Å². The molecule has 0 saturated carbocycles. The highest BCUT2D eigenvalue weighted by Crippen LogP contribution is 2.26. The SMILES string of the molecule is Cc1cc(N)nc(-c2ncc(Br)cc2Br)n1. The summed E-state index contributed by atoms with van der Waals surface area (Å²) in [5.74, 6) is 0.969. The molecule has 2 aromatic rings. The van der Waals surface area contributed by atoms with Crippen molar-refractivity contribution < 1.29 is 0 Å². The van der Waals surface area contributed by atoms with Crippen molar-refractivity contribution in [2.75, 3.05) is 5.73 Å². The Morgan fingerprint density at radius 3 is 2.56 bits per heavy atom. The highest BCUT2D eigenvalue weighted by molar-refractivity contribution is 9.11. The summed E-state index contributed by atoms with van der Waals surface area (Å²) in [4.78, 5) is 12.7.